The Morgan fingerprint density at radius 1 is 0.970 bits per heavy atom. The number of carbonyl (C=O) groups excluding carboxylic acids is 3. The quantitative estimate of drug-likeness (QED) is 0.627. The molecule has 0 spiro atoms. The van der Waals surface area contributed by atoms with Gasteiger partial charge in [-0.05, 0) is 54.6 Å². The summed E-state index contributed by atoms with van der Waals surface area (Å²) in [5, 5.41) is 7.21. The van der Waals surface area contributed by atoms with Crippen LogP contribution in [0.15, 0.2) is 60.7 Å². The summed E-state index contributed by atoms with van der Waals surface area (Å²) in [6.45, 7) is 0.977. The highest BCUT2D eigenvalue weighted by Gasteiger charge is 2.30. The molecule has 4 rings (SSSR count). The van der Waals surface area contributed by atoms with Gasteiger partial charge >= 0.3 is 0 Å². The van der Waals surface area contributed by atoms with E-state index < -0.39 is 0 Å². The van der Waals surface area contributed by atoms with Gasteiger partial charge in [0.1, 0.15) is 5.75 Å². The Morgan fingerprint density at radius 2 is 1.70 bits per heavy atom. The van der Waals surface area contributed by atoms with Crippen LogP contribution in [0.25, 0.3) is 10.8 Å². The van der Waals surface area contributed by atoms with Gasteiger partial charge in [-0.15, -0.1) is 0 Å². The first-order valence-corrected chi connectivity index (χ1v) is 11.0. The molecular weight excluding hydrogens is 418 g/mol. The van der Waals surface area contributed by atoms with Crippen LogP contribution >= 0.6 is 0 Å². The topological polar surface area (TPSA) is 87.7 Å². The van der Waals surface area contributed by atoms with Gasteiger partial charge in [0.25, 0.3) is 11.8 Å². The number of ether oxygens (including phenoxy) is 1. The van der Waals surface area contributed by atoms with E-state index in [1.165, 1.54) is 0 Å². The number of hydrogen-bond donors (Lipinski definition) is 2. The lowest BCUT2D eigenvalue weighted by atomic mass is 9.95. The van der Waals surface area contributed by atoms with Gasteiger partial charge in [-0.2, -0.15) is 0 Å². The van der Waals surface area contributed by atoms with Crippen molar-refractivity contribution in [3.05, 3.63) is 71.8 Å². The number of methoxy groups -OCH3 is 1. The number of nitrogens with one attached hydrogen (secondary N) is 2. The van der Waals surface area contributed by atoms with Crippen LogP contribution in [0.3, 0.4) is 0 Å². The summed E-state index contributed by atoms with van der Waals surface area (Å²) in [7, 11) is 3.19. The zero-order valence-corrected chi connectivity index (χ0v) is 18.8. The van der Waals surface area contributed by atoms with Crippen LogP contribution < -0.4 is 15.4 Å². The van der Waals surface area contributed by atoms with E-state index in [-0.39, 0.29) is 23.6 Å². The zero-order chi connectivity index (χ0) is 23.4. The van der Waals surface area contributed by atoms with Crippen LogP contribution in [0.2, 0.25) is 0 Å². The predicted octanol–water partition coefficient (Wildman–Crippen LogP) is 3.70. The summed E-state index contributed by atoms with van der Waals surface area (Å²) in [4.78, 5) is 39.7. The Labute approximate surface area is 192 Å². The molecule has 0 aromatic heterocycles. The summed E-state index contributed by atoms with van der Waals surface area (Å²) >= 11 is 0. The van der Waals surface area contributed by atoms with E-state index in [0.717, 1.165) is 29.4 Å². The number of rotatable bonds is 5. The molecule has 0 radical (unpaired) electrons. The Balaban J connectivity index is 1.47. The second-order valence-electron chi connectivity index (χ2n) is 8.10. The lowest BCUT2D eigenvalue weighted by molar-refractivity contribution is -0.121. The predicted molar refractivity (Wildman–Crippen MR) is 128 cm³/mol. The number of piperidine rings is 1. The van der Waals surface area contributed by atoms with Gasteiger partial charge in [0.2, 0.25) is 5.91 Å². The molecule has 1 fully saturated rings. The van der Waals surface area contributed by atoms with Crippen molar-refractivity contribution in [2.24, 2.45) is 5.92 Å². The standard InChI is InChI=1S/C26H27N3O4/c1-27-24(30)17-9-11-19(12-10-17)28-25(31)18-6-5-15-29(16-18)26(32)22-13-14-23(33-2)21-8-4-3-7-20(21)22/h3-4,7-14,18H,5-6,15-16H2,1-2H3,(H,27,30)(H,28,31). The highest BCUT2D eigenvalue weighted by Crippen LogP contribution is 2.30. The summed E-state index contributed by atoms with van der Waals surface area (Å²) in [6.07, 6.45) is 1.48. The molecule has 1 aliphatic rings. The van der Waals surface area contributed by atoms with Gasteiger partial charge in [0.05, 0.1) is 13.0 Å². The van der Waals surface area contributed by atoms with Crippen molar-refractivity contribution >= 4 is 34.2 Å². The van der Waals surface area contributed by atoms with E-state index in [1.807, 2.05) is 30.3 Å². The minimum Gasteiger partial charge on any atom is -0.496 e. The number of carbonyl (C=O) groups is 3. The molecule has 170 valence electrons. The molecular formula is C26H27N3O4. The molecule has 1 atom stereocenters. The third-order valence-electron chi connectivity index (χ3n) is 6.06. The fourth-order valence-corrected chi connectivity index (χ4v) is 4.28. The molecule has 0 aliphatic carbocycles. The van der Waals surface area contributed by atoms with Crippen LogP contribution in [-0.2, 0) is 4.79 Å². The van der Waals surface area contributed by atoms with Crippen molar-refractivity contribution < 1.29 is 19.1 Å². The molecule has 3 amide bonds. The molecule has 1 saturated heterocycles. The van der Waals surface area contributed by atoms with Crippen LogP contribution in [0.5, 0.6) is 5.75 Å². The molecule has 2 N–H and O–H groups in total. The third-order valence-corrected chi connectivity index (χ3v) is 6.06. The summed E-state index contributed by atoms with van der Waals surface area (Å²) in [5.74, 6) is 0.0350. The maximum absolute atomic E-state index is 13.4. The van der Waals surface area contributed by atoms with Gasteiger partial charge in [-0.1, -0.05) is 24.3 Å². The molecule has 3 aromatic carbocycles. The minimum atomic E-state index is -0.300. The summed E-state index contributed by atoms with van der Waals surface area (Å²) in [6, 6.07) is 18.0. The van der Waals surface area contributed by atoms with E-state index in [2.05, 4.69) is 10.6 Å². The van der Waals surface area contributed by atoms with Crippen LogP contribution in [0.4, 0.5) is 5.69 Å². The fourth-order valence-electron chi connectivity index (χ4n) is 4.28. The molecule has 1 heterocycles. The lowest BCUT2D eigenvalue weighted by Gasteiger charge is -2.32. The van der Waals surface area contributed by atoms with Gasteiger partial charge < -0.3 is 20.3 Å². The number of hydrogen-bond acceptors (Lipinski definition) is 4. The Kier molecular flexibility index (Phi) is 6.58. The largest absolute Gasteiger partial charge is 0.496 e. The van der Waals surface area contributed by atoms with Crippen molar-refractivity contribution in [3.8, 4) is 5.75 Å². The molecule has 3 aromatic rings. The summed E-state index contributed by atoms with van der Waals surface area (Å²) < 4.78 is 5.44. The SMILES string of the molecule is CNC(=O)c1ccc(NC(=O)C2CCCN(C(=O)c3ccc(OC)c4ccccc34)C2)cc1. The van der Waals surface area contributed by atoms with Crippen LogP contribution in [0, 0.1) is 5.92 Å². The number of benzene rings is 3. The average Bonchev–Trinajstić information content (AvgIpc) is 2.87. The molecule has 0 bridgehead atoms. The molecule has 0 saturated carbocycles. The van der Waals surface area contributed by atoms with Crippen molar-refractivity contribution in [1.82, 2.24) is 10.2 Å². The number of anilines is 1. The number of fused-ring (bicyclic) bond motifs is 1. The van der Waals surface area contributed by atoms with E-state index in [0.29, 0.717) is 29.9 Å². The molecule has 1 aliphatic heterocycles. The second-order valence-corrected chi connectivity index (χ2v) is 8.10. The van der Waals surface area contributed by atoms with E-state index in [4.69, 9.17) is 4.74 Å². The van der Waals surface area contributed by atoms with Gasteiger partial charge in [-0.25, -0.2) is 0 Å². The van der Waals surface area contributed by atoms with E-state index in [9.17, 15) is 14.4 Å². The monoisotopic (exact) mass is 445 g/mol. The lowest BCUT2D eigenvalue weighted by Crippen LogP contribution is -2.43. The smallest absolute Gasteiger partial charge is 0.254 e. The molecule has 1 unspecified atom stereocenters. The summed E-state index contributed by atoms with van der Waals surface area (Å²) in [5.41, 5.74) is 1.76. The Morgan fingerprint density at radius 3 is 2.39 bits per heavy atom. The molecule has 7 nitrogen and oxygen atoms in total. The van der Waals surface area contributed by atoms with Gasteiger partial charge in [0.15, 0.2) is 0 Å². The van der Waals surface area contributed by atoms with Gasteiger partial charge in [0, 0.05) is 42.3 Å². The van der Waals surface area contributed by atoms with E-state index >= 15 is 0 Å². The second kappa shape index (κ2) is 9.73. The Hall–Kier alpha value is -3.87. The minimum absolute atomic E-state index is 0.0821. The first-order valence-electron chi connectivity index (χ1n) is 11.0. The van der Waals surface area contributed by atoms with Crippen molar-refractivity contribution in [2.75, 3.05) is 32.6 Å². The first kappa shape index (κ1) is 22.3. The molecule has 7 heteroatoms. The third kappa shape index (κ3) is 4.67. The van der Waals surface area contributed by atoms with Crippen molar-refractivity contribution in [2.45, 2.75) is 12.8 Å². The highest BCUT2D eigenvalue weighted by molar-refractivity contribution is 6.09. The van der Waals surface area contributed by atoms with Crippen molar-refractivity contribution in [1.29, 1.82) is 0 Å². The maximum atomic E-state index is 13.4. The average molecular weight is 446 g/mol. The number of likely N-dealkylation sites (tertiary alicyclic amines) is 1. The maximum Gasteiger partial charge on any atom is 0.254 e. The zero-order valence-electron chi connectivity index (χ0n) is 18.8. The van der Waals surface area contributed by atoms with E-state index in [1.54, 1.807) is 49.4 Å². The molecule has 33 heavy (non-hydrogen) atoms. The number of nitrogens with zero attached hydrogens (tertiary/aromatic N) is 1. The van der Waals surface area contributed by atoms with Crippen LogP contribution in [-0.4, -0.2) is 49.9 Å². The van der Waals surface area contributed by atoms with Gasteiger partial charge in [-0.3, -0.25) is 14.4 Å². The number of amides is 3. The highest BCUT2D eigenvalue weighted by atomic mass is 16.5. The first-order chi connectivity index (χ1) is 16.0. The fraction of sp³-hybridized carbons (Fsp3) is 0.269. The van der Waals surface area contributed by atoms with Crippen molar-refractivity contribution in [3.63, 3.8) is 0 Å². The van der Waals surface area contributed by atoms with Crippen LogP contribution in [0.1, 0.15) is 33.6 Å². The Bertz CT molecular complexity index is 1190. The normalized spacial score (nSPS) is 15.7.